The summed E-state index contributed by atoms with van der Waals surface area (Å²) in [5, 5.41) is 0.694. The first kappa shape index (κ1) is 13.8. The molecule has 0 fully saturated rings. The van der Waals surface area contributed by atoms with E-state index in [-0.39, 0.29) is 0 Å². The number of hydrogen-bond acceptors (Lipinski definition) is 2. The molecule has 0 aliphatic heterocycles. The largest absolute Gasteiger partial charge is 0.308 e. The molecule has 1 heterocycles. The Kier molecular flexibility index (Phi) is 4.02. The second-order valence-corrected chi connectivity index (χ2v) is 5.24. The van der Waals surface area contributed by atoms with Gasteiger partial charge in [0.1, 0.15) is 0 Å². The van der Waals surface area contributed by atoms with Crippen molar-refractivity contribution in [3.05, 3.63) is 59.1 Å². The number of rotatable bonds is 4. The molecule has 0 aliphatic carbocycles. The molecule has 106 valence electrons. The van der Waals surface area contributed by atoms with E-state index in [1.165, 1.54) is 0 Å². The topological polar surface area (TPSA) is 30.2 Å². The van der Waals surface area contributed by atoms with E-state index in [1.807, 2.05) is 42.5 Å². The summed E-state index contributed by atoms with van der Waals surface area (Å²) in [6, 6.07) is 15.8. The summed E-state index contributed by atoms with van der Waals surface area (Å²) < 4.78 is 2.14. The summed E-state index contributed by atoms with van der Waals surface area (Å²) in [7, 11) is 0. The molecule has 0 atom stereocenters. The molecule has 0 radical (unpaired) electrons. The van der Waals surface area contributed by atoms with Crippen molar-refractivity contribution >= 4 is 34.8 Å². The van der Waals surface area contributed by atoms with Crippen molar-refractivity contribution < 1.29 is 0 Å². The number of imidazole rings is 1. The first-order valence-electron chi connectivity index (χ1n) is 7.03. The van der Waals surface area contributed by atoms with E-state index in [4.69, 9.17) is 11.6 Å². The lowest BCUT2D eigenvalue weighted by Gasteiger charge is -2.03. The Balaban J connectivity index is 2.04. The molecule has 21 heavy (non-hydrogen) atoms. The highest BCUT2D eigenvalue weighted by Gasteiger charge is 2.08. The molecule has 3 nitrogen and oxygen atoms in total. The van der Waals surface area contributed by atoms with Gasteiger partial charge in [0, 0.05) is 23.3 Å². The van der Waals surface area contributed by atoms with Gasteiger partial charge in [-0.15, -0.1) is 0 Å². The maximum Gasteiger partial charge on any atom is 0.230 e. The van der Waals surface area contributed by atoms with Gasteiger partial charge in [-0.25, -0.2) is 9.98 Å². The van der Waals surface area contributed by atoms with Gasteiger partial charge in [-0.1, -0.05) is 48.9 Å². The zero-order chi connectivity index (χ0) is 14.7. The Labute approximate surface area is 128 Å². The van der Waals surface area contributed by atoms with Crippen molar-refractivity contribution in [3.63, 3.8) is 0 Å². The van der Waals surface area contributed by atoms with E-state index in [0.717, 1.165) is 35.5 Å². The summed E-state index contributed by atoms with van der Waals surface area (Å²) in [6.07, 6.45) is 2.81. The number of benzene rings is 2. The quantitative estimate of drug-likeness (QED) is 0.633. The molecular weight excluding hydrogens is 282 g/mol. The summed E-state index contributed by atoms with van der Waals surface area (Å²) in [5.41, 5.74) is 2.98. The van der Waals surface area contributed by atoms with Gasteiger partial charge in [0.25, 0.3) is 0 Å². The minimum absolute atomic E-state index is 0.694. The standard InChI is InChI=1S/C17H16ClN3/c1-2-11-21-16-10-6-5-9-15(16)20-17(21)19-12-13-7-3-4-8-14(13)18/h3-10,12H,2,11H2,1H3. The smallest absolute Gasteiger partial charge is 0.230 e. The van der Waals surface area contributed by atoms with Gasteiger partial charge in [-0.2, -0.15) is 0 Å². The van der Waals surface area contributed by atoms with E-state index < -0.39 is 0 Å². The van der Waals surface area contributed by atoms with Crippen LogP contribution in [-0.4, -0.2) is 15.8 Å². The Hall–Kier alpha value is -2.13. The van der Waals surface area contributed by atoms with Gasteiger partial charge in [-0.05, 0) is 24.6 Å². The van der Waals surface area contributed by atoms with E-state index >= 15 is 0 Å². The lowest BCUT2D eigenvalue weighted by atomic mass is 10.2. The van der Waals surface area contributed by atoms with Crippen LogP contribution < -0.4 is 0 Å². The number of aryl methyl sites for hydroxylation is 1. The third kappa shape index (κ3) is 2.83. The van der Waals surface area contributed by atoms with Crippen molar-refractivity contribution in [1.82, 2.24) is 9.55 Å². The third-order valence-electron chi connectivity index (χ3n) is 3.31. The monoisotopic (exact) mass is 297 g/mol. The summed E-state index contributed by atoms with van der Waals surface area (Å²) in [6.45, 7) is 3.05. The van der Waals surface area contributed by atoms with Crippen molar-refractivity contribution in [2.75, 3.05) is 0 Å². The number of hydrogen-bond donors (Lipinski definition) is 0. The molecule has 4 heteroatoms. The molecular formula is C17H16ClN3. The normalized spacial score (nSPS) is 11.5. The Morgan fingerprint density at radius 3 is 2.71 bits per heavy atom. The molecule has 0 saturated carbocycles. The number of para-hydroxylation sites is 2. The van der Waals surface area contributed by atoms with Crippen LogP contribution in [0.2, 0.25) is 5.02 Å². The van der Waals surface area contributed by atoms with Crippen molar-refractivity contribution in [2.45, 2.75) is 19.9 Å². The molecule has 0 unspecified atom stereocenters. The zero-order valence-corrected chi connectivity index (χ0v) is 12.6. The second-order valence-electron chi connectivity index (χ2n) is 4.83. The van der Waals surface area contributed by atoms with Crippen LogP contribution in [0.1, 0.15) is 18.9 Å². The van der Waals surface area contributed by atoms with Gasteiger partial charge < -0.3 is 4.57 Å². The maximum absolute atomic E-state index is 6.15. The van der Waals surface area contributed by atoms with Crippen LogP contribution in [0.4, 0.5) is 5.95 Å². The molecule has 0 aliphatic rings. The molecule has 0 bridgehead atoms. The molecule has 2 aromatic carbocycles. The van der Waals surface area contributed by atoms with Crippen LogP contribution in [0.5, 0.6) is 0 Å². The number of aromatic nitrogens is 2. The second kappa shape index (κ2) is 6.10. The molecule has 0 spiro atoms. The van der Waals surface area contributed by atoms with E-state index in [2.05, 4.69) is 27.5 Å². The molecule has 3 aromatic rings. The first-order valence-corrected chi connectivity index (χ1v) is 7.41. The van der Waals surface area contributed by atoms with Crippen molar-refractivity contribution in [3.8, 4) is 0 Å². The van der Waals surface area contributed by atoms with Crippen molar-refractivity contribution in [2.24, 2.45) is 4.99 Å². The van der Waals surface area contributed by atoms with Crippen LogP contribution in [0, 0.1) is 0 Å². The van der Waals surface area contributed by atoms with Crippen LogP contribution in [0.15, 0.2) is 53.5 Å². The minimum Gasteiger partial charge on any atom is -0.308 e. The van der Waals surface area contributed by atoms with E-state index in [1.54, 1.807) is 6.21 Å². The zero-order valence-electron chi connectivity index (χ0n) is 11.8. The summed E-state index contributed by atoms with van der Waals surface area (Å²) >= 11 is 6.15. The number of fused-ring (bicyclic) bond motifs is 1. The first-order chi connectivity index (χ1) is 10.3. The maximum atomic E-state index is 6.15. The van der Waals surface area contributed by atoms with Gasteiger partial charge in [-0.3, -0.25) is 0 Å². The summed E-state index contributed by atoms with van der Waals surface area (Å²) in [5.74, 6) is 0.720. The molecule has 0 N–H and O–H groups in total. The summed E-state index contributed by atoms with van der Waals surface area (Å²) in [4.78, 5) is 9.13. The molecule has 3 rings (SSSR count). The average molecular weight is 298 g/mol. The molecule has 1 aromatic heterocycles. The molecule has 0 amide bonds. The van der Waals surface area contributed by atoms with E-state index in [9.17, 15) is 0 Å². The fraction of sp³-hybridized carbons (Fsp3) is 0.176. The number of halogens is 1. The van der Waals surface area contributed by atoms with E-state index in [0.29, 0.717) is 5.02 Å². The van der Waals surface area contributed by atoms with Crippen LogP contribution in [-0.2, 0) is 6.54 Å². The lowest BCUT2D eigenvalue weighted by molar-refractivity contribution is 0.701. The fourth-order valence-corrected chi connectivity index (χ4v) is 2.50. The highest BCUT2D eigenvalue weighted by molar-refractivity contribution is 6.33. The Bertz CT molecular complexity index is 790. The highest BCUT2D eigenvalue weighted by atomic mass is 35.5. The molecule has 0 saturated heterocycles. The van der Waals surface area contributed by atoms with Gasteiger partial charge in [0.15, 0.2) is 0 Å². The Morgan fingerprint density at radius 1 is 1.14 bits per heavy atom. The average Bonchev–Trinajstić information content (AvgIpc) is 2.85. The number of aliphatic imine (C=N–C) groups is 1. The highest BCUT2D eigenvalue weighted by Crippen LogP contribution is 2.22. The fourth-order valence-electron chi connectivity index (χ4n) is 2.31. The third-order valence-corrected chi connectivity index (χ3v) is 3.65. The van der Waals surface area contributed by atoms with Crippen molar-refractivity contribution in [1.29, 1.82) is 0 Å². The Morgan fingerprint density at radius 2 is 1.90 bits per heavy atom. The van der Waals surface area contributed by atoms with Gasteiger partial charge in [0.05, 0.1) is 11.0 Å². The predicted molar refractivity (Wildman–Crippen MR) is 88.7 cm³/mol. The van der Waals surface area contributed by atoms with Gasteiger partial charge in [0.2, 0.25) is 5.95 Å². The number of nitrogens with zero attached hydrogens (tertiary/aromatic N) is 3. The minimum atomic E-state index is 0.694. The SMILES string of the molecule is CCCn1c(N=Cc2ccccc2Cl)nc2ccccc21. The lowest BCUT2D eigenvalue weighted by Crippen LogP contribution is -1.96. The van der Waals surface area contributed by atoms with Crippen LogP contribution >= 0.6 is 11.6 Å². The van der Waals surface area contributed by atoms with Crippen LogP contribution in [0.3, 0.4) is 0 Å². The predicted octanol–water partition coefficient (Wildman–Crippen LogP) is 4.85. The van der Waals surface area contributed by atoms with Gasteiger partial charge >= 0.3 is 0 Å². The van der Waals surface area contributed by atoms with Crippen LogP contribution in [0.25, 0.3) is 11.0 Å².